The maximum atomic E-state index is 12.3. The predicted molar refractivity (Wildman–Crippen MR) is 92.8 cm³/mol. The van der Waals surface area contributed by atoms with E-state index in [1.165, 1.54) is 6.08 Å². The molecule has 25 heavy (non-hydrogen) atoms. The minimum Gasteiger partial charge on any atom is -0.459 e. The molecule has 0 spiro atoms. The number of hydrogen-bond acceptors (Lipinski definition) is 6. The highest BCUT2D eigenvalue weighted by atomic mass is 16.6. The van der Waals surface area contributed by atoms with Gasteiger partial charge in [0.15, 0.2) is 0 Å². The van der Waals surface area contributed by atoms with Gasteiger partial charge in [0, 0.05) is 18.7 Å². The lowest BCUT2D eigenvalue weighted by atomic mass is 9.66. The van der Waals surface area contributed by atoms with Gasteiger partial charge in [0.1, 0.15) is 13.2 Å². The third kappa shape index (κ3) is 6.35. The minimum absolute atomic E-state index is 0.00300. The molecule has 0 aliphatic heterocycles. The van der Waals surface area contributed by atoms with Crippen LogP contribution in [0.25, 0.3) is 0 Å². The molecule has 2 atom stereocenters. The van der Waals surface area contributed by atoms with Crippen molar-refractivity contribution in [3.05, 3.63) is 12.2 Å². The molecule has 2 unspecified atom stereocenters. The molecular formula is C18H28N2O5. The lowest BCUT2D eigenvalue weighted by Gasteiger charge is -2.49. The van der Waals surface area contributed by atoms with Crippen molar-refractivity contribution in [2.75, 3.05) is 20.3 Å². The Labute approximate surface area is 149 Å². The van der Waals surface area contributed by atoms with Crippen LogP contribution in [-0.2, 0) is 19.1 Å². The number of isocyanates is 1. The van der Waals surface area contributed by atoms with Gasteiger partial charge >= 0.3 is 12.1 Å². The third-order valence-electron chi connectivity index (χ3n) is 4.50. The van der Waals surface area contributed by atoms with E-state index < -0.39 is 17.6 Å². The summed E-state index contributed by atoms with van der Waals surface area (Å²) in [5.41, 5.74) is -0.542. The lowest BCUT2D eigenvalue weighted by molar-refractivity contribution is -0.138. The first-order valence-electron chi connectivity index (χ1n) is 8.40. The van der Waals surface area contributed by atoms with Crippen LogP contribution in [0.15, 0.2) is 17.1 Å². The van der Waals surface area contributed by atoms with Crippen LogP contribution in [0.5, 0.6) is 0 Å². The molecule has 1 fully saturated rings. The number of carbonyl (C=O) groups excluding carboxylic acids is 3. The summed E-state index contributed by atoms with van der Waals surface area (Å²) in [7, 11) is 1.68. The molecule has 0 saturated heterocycles. The molecule has 0 heterocycles. The van der Waals surface area contributed by atoms with Crippen molar-refractivity contribution in [2.45, 2.75) is 58.5 Å². The summed E-state index contributed by atoms with van der Waals surface area (Å²) in [6.07, 6.45) is 6.14. The highest BCUT2D eigenvalue weighted by Gasteiger charge is 2.45. The monoisotopic (exact) mass is 352 g/mol. The van der Waals surface area contributed by atoms with Crippen molar-refractivity contribution in [3.63, 3.8) is 0 Å². The Morgan fingerprint density at radius 1 is 1.24 bits per heavy atom. The Morgan fingerprint density at radius 3 is 2.48 bits per heavy atom. The molecule has 0 aromatic carbocycles. The lowest BCUT2D eigenvalue weighted by Crippen LogP contribution is -2.54. The number of ether oxygens (including phenoxy) is 2. The van der Waals surface area contributed by atoms with Crippen LogP contribution in [0.1, 0.15) is 47.0 Å². The number of amides is 1. The van der Waals surface area contributed by atoms with E-state index in [4.69, 9.17) is 9.47 Å². The highest BCUT2D eigenvalue weighted by molar-refractivity contribution is 5.81. The molecule has 1 aliphatic carbocycles. The first-order chi connectivity index (χ1) is 11.6. The molecule has 7 nitrogen and oxygen atoms in total. The number of carbonyl (C=O) groups is 2. The summed E-state index contributed by atoms with van der Waals surface area (Å²) >= 11 is 0. The first kappa shape index (κ1) is 20.9. The van der Waals surface area contributed by atoms with Crippen LogP contribution in [0.4, 0.5) is 4.79 Å². The molecule has 0 aromatic heterocycles. The zero-order chi connectivity index (χ0) is 19.1. The maximum absolute atomic E-state index is 12.3. The molecular weight excluding hydrogens is 324 g/mol. The van der Waals surface area contributed by atoms with Crippen LogP contribution in [0, 0.1) is 5.41 Å². The van der Waals surface area contributed by atoms with Gasteiger partial charge < -0.3 is 14.4 Å². The second kappa shape index (κ2) is 8.81. The topological polar surface area (TPSA) is 85.3 Å². The van der Waals surface area contributed by atoms with Crippen molar-refractivity contribution in [1.29, 1.82) is 0 Å². The Morgan fingerprint density at radius 2 is 1.88 bits per heavy atom. The van der Waals surface area contributed by atoms with E-state index >= 15 is 0 Å². The standard InChI is InChI=1S/C18H28N2O5/c1-6-7-15(22)24-8-9-25-16(23)20(5)18(4)11-14(19-13-21)10-17(2,3)12-18/h6-7,14H,8-12H2,1-5H3. The molecule has 7 heteroatoms. The van der Waals surface area contributed by atoms with E-state index in [-0.39, 0.29) is 24.7 Å². The number of esters is 1. The third-order valence-corrected chi connectivity index (χ3v) is 4.50. The fourth-order valence-electron chi connectivity index (χ4n) is 3.59. The van der Waals surface area contributed by atoms with Gasteiger partial charge in [-0.25, -0.2) is 19.4 Å². The second-order valence-corrected chi connectivity index (χ2v) is 7.46. The number of rotatable bonds is 6. The van der Waals surface area contributed by atoms with Crippen molar-refractivity contribution in [1.82, 2.24) is 4.90 Å². The quantitative estimate of drug-likeness (QED) is 0.241. The molecule has 0 bridgehead atoms. The van der Waals surface area contributed by atoms with Crippen molar-refractivity contribution < 1.29 is 23.9 Å². The SMILES string of the molecule is CC=CC(=O)OCCOC(=O)N(C)C1(C)CC(N=C=O)CC(C)(C)C1. The van der Waals surface area contributed by atoms with Gasteiger partial charge in [-0.3, -0.25) is 0 Å². The van der Waals surface area contributed by atoms with Crippen LogP contribution in [-0.4, -0.2) is 54.9 Å². The molecule has 1 rings (SSSR count). The van der Waals surface area contributed by atoms with Crippen LogP contribution in [0.3, 0.4) is 0 Å². The average Bonchev–Trinajstić information content (AvgIpc) is 2.49. The number of allylic oxidation sites excluding steroid dienone is 1. The second-order valence-electron chi connectivity index (χ2n) is 7.46. The largest absolute Gasteiger partial charge is 0.459 e. The predicted octanol–water partition coefficient (Wildman–Crippen LogP) is 2.85. The van der Waals surface area contributed by atoms with Gasteiger partial charge in [-0.2, -0.15) is 0 Å². The van der Waals surface area contributed by atoms with E-state index in [1.54, 1.807) is 31.0 Å². The normalized spacial score (nSPS) is 25.1. The average molecular weight is 352 g/mol. The number of nitrogens with zero attached hydrogens (tertiary/aromatic N) is 2. The number of aliphatic imine (C=N–C) groups is 1. The van der Waals surface area contributed by atoms with E-state index in [0.29, 0.717) is 6.42 Å². The summed E-state index contributed by atoms with van der Waals surface area (Å²) in [4.78, 5) is 39.6. The van der Waals surface area contributed by atoms with Crippen LogP contribution >= 0.6 is 0 Å². The summed E-state index contributed by atoms with van der Waals surface area (Å²) in [6.45, 7) is 7.86. The van der Waals surface area contributed by atoms with Gasteiger partial charge in [0.2, 0.25) is 6.08 Å². The smallest absolute Gasteiger partial charge is 0.410 e. The number of hydrogen-bond donors (Lipinski definition) is 0. The van der Waals surface area contributed by atoms with Gasteiger partial charge in [-0.15, -0.1) is 0 Å². The van der Waals surface area contributed by atoms with E-state index in [9.17, 15) is 14.4 Å². The Balaban J connectivity index is 2.63. The van der Waals surface area contributed by atoms with Crippen molar-refractivity contribution in [2.24, 2.45) is 10.4 Å². The summed E-state index contributed by atoms with van der Waals surface area (Å²) in [5.74, 6) is -0.470. The molecule has 140 valence electrons. The molecule has 0 N–H and O–H groups in total. The van der Waals surface area contributed by atoms with Gasteiger partial charge in [0.05, 0.1) is 6.04 Å². The molecule has 1 saturated carbocycles. The van der Waals surface area contributed by atoms with Crippen molar-refractivity contribution in [3.8, 4) is 0 Å². The summed E-state index contributed by atoms with van der Waals surface area (Å²) in [6, 6.07) is -0.164. The fraction of sp³-hybridized carbons (Fsp3) is 0.722. The zero-order valence-electron chi connectivity index (χ0n) is 15.7. The van der Waals surface area contributed by atoms with Gasteiger partial charge in [-0.05, 0) is 38.5 Å². The van der Waals surface area contributed by atoms with E-state index in [2.05, 4.69) is 18.8 Å². The Hall–Kier alpha value is -2.14. The molecule has 1 aliphatic rings. The molecule has 1 amide bonds. The van der Waals surface area contributed by atoms with Crippen LogP contribution < -0.4 is 0 Å². The zero-order valence-corrected chi connectivity index (χ0v) is 15.7. The molecule has 0 aromatic rings. The van der Waals surface area contributed by atoms with Crippen molar-refractivity contribution >= 4 is 18.1 Å². The summed E-state index contributed by atoms with van der Waals surface area (Å²) < 4.78 is 10.1. The maximum Gasteiger partial charge on any atom is 0.410 e. The van der Waals surface area contributed by atoms with E-state index in [1.807, 2.05) is 6.92 Å². The Kier molecular flexibility index (Phi) is 7.37. The molecule has 0 radical (unpaired) electrons. The van der Waals surface area contributed by atoms with Gasteiger partial charge in [0.25, 0.3) is 0 Å². The summed E-state index contributed by atoms with van der Waals surface area (Å²) in [5, 5.41) is 0. The van der Waals surface area contributed by atoms with Gasteiger partial charge in [-0.1, -0.05) is 19.9 Å². The minimum atomic E-state index is -0.490. The van der Waals surface area contributed by atoms with E-state index in [0.717, 1.165) is 12.8 Å². The highest BCUT2D eigenvalue weighted by Crippen LogP contribution is 2.44. The Bertz CT molecular complexity index is 566. The first-order valence-corrected chi connectivity index (χ1v) is 8.40. The van der Waals surface area contributed by atoms with Crippen LogP contribution in [0.2, 0.25) is 0 Å². The fourth-order valence-corrected chi connectivity index (χ4v) is 3.59.